The van der Waals surface area contributed by atoms with Crippen molar-refractivity contribution in [1.29, 1.82) is 0 Å². The van der Waals surface area contributed by atoms with Crippen LogP contribution in [0.4, 0.5) is 0 Å². The fourth-order valence-electron chi connectivity index (χ4n) is 1.54. The lowest BCUT2D eigenvalue weighted by atomic mass is 9.97. The van der Waals surface area contributed by atoms with Crippen LogP contribution in [0.1, 0.15) is 13.3 Å². The van der Waals surface area contributed by atoms with Crippen LogP contribution in [-0.2, 0) is 4.79 Å². The molecule has 0 radical (unpaired) electrons. The Kier molecular flexibility index (Phi) is 6.96. The van der Waals surface area contributed by atoms with Crippen molar-refractivity contribution in [3.05, 3.63) is 36.6 Å². The van der Waals surface area contributed by atoms with Crippen molar-refractivity contribution >= 4 is 6.41 Å². The van der Waals surface area contributed by atoms with Gasteiger partial charge < -0.3 is 10.3 Å². The predicted molar refractivity (Wildman–Crippen MR) is 67.2 cm³/mol. The first-order valence-corrected chi connectivity index (χ1v) is 5.20. The first kappa shape index (κ1) is 14.5. The van der Waals surface area contributed by atoms with Crippen LogP contribution in [0.2, 0.25) is 0 Å². The van der Waals surface area contributed by atoms with E-state index < -0.39 is 0 Å². The van der Waals surface area contributed by atoms with Gasteiger partial charge in [0.1, 0.15) is 0 Å². The summed E-state index contributed by atoms with van der Waals surface area (Å²) in [6, 6.07) is 0. The highest BCUT2D eigenvalue weighted by atomic mass is 16.1. The second-order valence-electron chi connectivity index (χ2n) is 3.64. The molecule has 0 saturated heterocycles. The Labute approximate surface area is 97.5 Å². The molecule has 0 aliphatic heterocycles. The summed E-state index contributed by atoms with van der Waals surface area (Å²) in [6.07, 6.45) is 4.94. The minimum absolute atomic E-state index is 0.170. The first-order valence-electron chi connectivity index (χ1n) is 5.20. The molecule has 0 rings (SSSR count). The van der Waals surface area contributed by atoms with Gasteiger partial charge in [-0.25, -0.2) is 5.84 Å². The average Bonchev–Trinajstić information content (AvgIpc) is 2.25. The van der Waals surface area contributed by atoms with Gasteiger partial charge in [-0.2, -0.15) is 0 Å². The number of carbonyl (C=O) groups is 1. The van der Waals surface area contributed by atoms with Gasteiger partial charge >= 0.3 is 0 Å². The molecule has 0 saturated carbocycles. The maximum absolute atomic E-state index is 10.2. The topological polar surface area (TPSA) is 58.4 Å². The van der Waals surface area contributed by atoms with Crippen molar-refractivity contribution in [1.82, 2.24) is 10.3 Å². The lowest BCUT2D eigenvalue weighted by molar-refractivity contribution is -0.109. The molecule has 0 aromatic heterocycles. The highest BCUT2D eigenvalue weighted by molar-refractivity contribution is 5.46. The van der Waals surface area contributed by atoms with Crippen LogP contribution in [0.25, 0.3) is 0 Å². The number of hydrogen-bond donors (Lipinski definition) is 2. The molecule has 0 unspecified atom stereocenters. The second-order valence-corrected chi connectivity index (χ2v) is 3.64. The molecule has 0 aromatic carbocycles. The van der Waals surface area contributed by atoms with Crippen LogP contribution in [-0.4, -0.2) is 25.0 Å². The Bertz CT molecular complexity index is 282. The molecular formula is C12H21N3O. The minimum atomic E-state index is 0.170. The predicted octanol–water partition coefficient (Wildman–Crippen LogP) is 1.19. The molecule has 0 aliphatic rings. The smallest absolute Gasteiger partial charge is 0.207 e. The van der Waals surface area contributed by atoms with E-state index in [1.54, 1.807) is 24.2 Å². The van der Waals surface area contributed by atoms with Gasteiger partial charge in [-0.05, 0) is 5.57 Å². The Balaban J connectivity index is 4.98. The van der Waals surface area contributed by atoms with Crippen LogP contribution >= 0.6 is 0 Å². The summed E-state index contributed by atoms with van der Waals surface area (Å²) in [5, 5.41) is 4.22. The number of allylic oxidation sites excluding steroid dienone is 2. The maximum atomic E-state index is 10.2. The summed E-state index contributed by atoms with van der Waals surface area (Å²) < 4.78 is 0. The molecule has 0 heterocycles. The summed E-state index contributed by atoms with van der Waals surface area (Å²) in [5.41, 5.74) is 1.99. The number of rotatable bonds is 8. The van der Waals surface area contributed by atoms with Crippen molar-refractivity contribution in [2.75, 3.05) is 13.6 Å². The quantitative estimate of drug-likeness (QED) is 0.214. The van der Waals surface area contributed by atoms with E-state index >= 15 is 0 Å². The fraction of sp³-hybridized carbons (Fsp3) is 0.417. The van der Waals surface area contributed by atoms with Gasteiger partial charge in [0, 0.05) is 31.6 Å². The molecule has 0 spiro atoms. The van der Waals surface area contributed by atoms with E-state index in [1.807, 2.05) is 6.92 Å². The van der Waals surface area contributed by atoms with E-state index in [1.165, 1.54) is 0 Å². The molecule has 4 heteroatoms. The highest BCUT2D eigenvalue weighted by Gasteiger charge is 2.12. The number of nitrogens with one attached hydrogen (secondary N) is 1. The van der Waals surface area contributed by atoms with E-state index in [9.17, 15) is 4.79 Å². The van der Waals surface area contributed by atoms with E-state index in [2.05, 4.69) is 18.5 Å². The number of amides is 1. The van der Waals surface area contributed by atoms with Gasteiger partial charge in [-0.1, -0.05) is 25.7 Å². The van der Waals surface area contributed by atoms with Gasteiger partial charge in [0.15, 0.2) is 0 Å². The Morgan fingerprint density at radius 2 is 2.19 bits per heavy atom. The van der Waals surface area contributed by atoms with Gasteiger partial charge in [0.25, 0.3) is 0 Å². The molecule has 16 heavy (non-hydrogen) atoms. The number of hydrazine groups is 1. The van der Waals surface area contributed by atoms with E-state index in [0.717, 1.165) is 11.3 Å². The zero-order valence-corrected chi connectivity index (χ0v) is 10.1. The molecule has 0 bridgehead atoms. The third-order valence-corrected chi connectivity index (χ3v) is 2.35. The summed E-state index contributed by atoms with van der Waals surface area (Å²) >= 11 is 0. The van der Waals surface area contributed by atoms with Gasteiger partial charge in [0.05, 0.1) is 0 Å². The van der Waals surface area contributed by atoms with Crippen molar-refractivity contribution < 1.29 is 4.79 Å². The SMILES string of the molecule is C=CC/C(=C(/C=C)[C@H](C)CNC=O)N(C)N. The Morgan fingerprint density at radius 3 is 2.56 bits per heavy atom. The lowest BCUT2D eigenvalue weighted by Gasteiger charge is -2.23. The summed E-state index contributed by atoms with van der Waals surface area (Å²) in [7, 11) is 1.78. The number of nitrogens with zero attached hydrogens (tertiary/aromatic N) is 1. The number of hydrogen-bond acceptors (Lipinski definition) is 3. The molecule has 4 nitrogen and oxygen atoms in total. The number of nitrogens with two attached hydrogens (primary N) is 1. The van der Waals surface area contributed by atoms with Crippen LogP contribution in [0.15, 0.2) is 36.6 Å². The molecule has 0 aliphatic carbocycles. The largest absolute Gasteiger partial charge is 0.358 e. The Hall–Kier alpha value is -1.55. The highest BCUT2D eigenvalue weighted by Crippen LogP contribution is 2.19. The monoisotopic (exact) mass is 223 g/mol. The van der Waals surface area contributed by atoms with Crippen LogP contribution in [0.5, 0.6) is 0 Å². The Morgan fingerprint density at radius 1 is 1.56 bits per heavy atom. The standard InChI is InChI=1S/C12H21N3O/c1-5-7-12(15(4)13)11(6-2)10(3)8-14-9-16/h5-6,9-10H,1-2,7-8,13H2,3-4H3,(H,14,16)/b12-11+/t10-/m1/s1. The molecule has 0 aromatic rings. The molecule has 1 amide bonds. The molecular weight excluding hydrogens is 202 g/mol. The molecule has 0 fully saturated rings. The molecule has 1 atom stereocenters. The van der Waals surface area contributed by atoms with E-state index in [-0.39, 0.29) is 5.92 Å². The fourth-order valence-corrected chi connectivity index (χ4v) is 1.54. The summed E-state index contributed by atoms with van der Waals surface area (Å²) in [4.78, 5) is 10.2. The van der Waals surface area contributed by atoms with Crippen molar-refractivity contribution in [3.63, 3.8) is 0 Å². The van der Waals surface area contributed by atoms with Crippen molar-refractivity contribution in [2.45, 2.75) is 13.3 Å². The van der Waals surface area contributed by atoms with Crippen LogP contribution < -0.4 is 11.2 Å². The zero-order chi connectivity index (χ0) is 12.6. The molecule has 90 valence electrons. The molecule has 3 N–H and O–H groups in total. The van der Waals surface area contributed by atoms with E-state index in [4.69, 9.17) is 5.84 Å². The zero-order valence-electron chi connectivity index (χ0n) is 10.1. The van der Waals surface area contributed by atoms with Crippen LogP contribution in [0.3, 0.4) is 0 Å². The van der Waals surface area contributed by atoms with Gasteiger partial charge in [0.2, 0.25) is 6.41 Å². The third-order valence-electron chi connectivity index (χ3n) is 2.35. The van der Waals surface area contributed by atoms with E-state index in [0.29, 0.717) is 19.4 Å². The summed E-state index contributed by atoms with van der Waals surface area (Å²) in [6.45, 7) is 10.1. The van der Waals surface area contributed by atoms with Crippen LogP contribution in [0, 0.1) is 5.92 Å². The lowest BCUT2D eigenvalue weighted by Crippen LogP contribution is -2.29. The van der Waals surface area contributed by atoms with Crippen molar-refractivity contribution in [2.24, 2.45) is 11.8 Å². The maximum Gasteiger partial charge on any atom is 0.207 e. The summed E-state index contributed by atoms with van der Waals surface area (Å²) in [5.74, 6) is 5.93. The number of carbonyl (C=O) groups excluding carboxylic acids is 1. The first-order chi connectivity index (χ1) is 7.58. The normalized spacial score (nSPS) is 13.4. The van der Waals surface area contributed by atoms with Gasteiger partial charge in [-0.15, -0.1) is 6.58 Å². The van der Waals surface area contributed by atoms with Gasteiger partial charge in [-0.3, -0.25) is 4.79 Å². The van der Waals surface area contributed by atoms with Crippen molar-refractivity contribution in [3.8, 4) is 0 Å². The average molecular weight is 223 g/mol. The second kappa shape index (κ2) is 7.70. The third kappa shape index (κ3) is 4.31. The minimum Gasteiger partial charge on any atom is -0.358 e.